The minimum absolute atomic E-state index is 0.0141. The molecule has 30 heavy (non-hydrogen) atoms. The monoisotopic (exact) mass is 414 g/mol. The zero-order chi connectivity index (χ0) is 20.6. The number of thioether (sulfide) groups is 1. The largest absolute Gasteiger partial charge is 0.355 e. The summed E-state index contributed by atoms with van der Waals surface area (Å²) in [4.78, 5) is 12.3. The summed E-state index contributed by atoms with van der Waals surface area (Å²) in [6, 6.07) is 30.0. The van der Waals surface area contributed by atoms with Crippen molar-refractivity contribution in [2.75, 3.05) is 12.3 Å². The molecule has 0 fully saturated rings. The van der Waals surface area contributed by atoms with Gasteiger partial charge in [-0.3, -0.25) is 9.36 Å². The first-order valence-electron chi connectivity index (χ1n) is 9.81. The van der Waals surface area contributed by atoms with E-state index in [1.54, 1.807) is 0 Å². The molecule has 3 aromatic carbocycles. The van der Waals surface area contributed by atoms with Crippen molar-refractivity contribution in [3.63, 3.8) is 0 Å². The normalized spacial score (nSPS) is 10.7. The Kier molecular flexibility index (Phi) is 6.57. The Morgan fingerprint density at radius 3 is 2.17 bits per heavy atom. The molecule has 0 spiro atoms. The number of hydrogen-bond acceptors (Lipinski definition) is 4. The maximum atomic E-state index is 12.3. The first-order valence-corrected chi connectivity index (χ1v) is 10.8. The Balaban J connectivity index is 1.45. The molecule has 1 aromatic heterocycles. The number of hydrogen-bond donors (Lipinski definition) is 1. The van der Waals surface area contributed by atoms with E-state index >= 15 is 0 Å². The fourth-order valence-corrected chi connectivity index (χ4v) is 3.90. The average Bonchev–Trinajstić information content (AvgIpc) is 3.23. The third-order valence-corrected chi connectivity index (χ3v) is 5.52. The molecule has 150 valence electrons. The van der Waals surface area contributed by atoms with Crippen LogP contribution in [0.5, 0.6) is 0 Å². The highest BCUT2D eigenvalue weighted by Gasteiger charge is 2.17. The van der Waals surface area contributed by atoms with Crippen LogP contribution in [-0.2, 0) is 11.2 Å². The van der Waals surface area contributed by atoms with Gasteiger partial charge in [0.25, 0.3) is 0 Å². The van der Waals surface area contributed by atoms with E-state index in [9.17, 15) is 4.79 Å². The van der Waals surface area contributed by atoms with Crippen molar-refractivity contribution in [2.45, 2.75) is 11.6 Å². The van der Waals surface area contributed by atoms with Crippen LogP contribution in [0.4, 0.5) is 0 Å². The van der Waals surface area contributed by atoms with Gasteiger partial charge in [0.15, 0.2) is 11.0 Å². The lowest BCUT2D eigenvalue weighted by Crippen LogP contribution is -2.27. The molecule has 0 aliphatic heterocycles. The summed E-state index contributed by atoms with van der Waals surface area (Å²) in [6.07, 6.45) is 0.815. The van der Waals surface area contributed by atoms with Crippen molar-refractivity contribution in [1.29, 1.82) is 0 Å². The summed E-state index contributed by atoms with van der Waals surface area (Å²) >= 11 is 1.39. The second-order valence-electron chi connectivity index (χ2n) is 6.72. The third kappa shape index (κ3) is 4.96. The van der Waals surface area contributed by atoms with E-state index < -0.39 is 0 Å². The van der Waals surface area contributed by atoms with Gasteiger partial charge in [-0.1, -0.05) is 90.6 Å². The highest BCUT2D eigenvalue weighted by atomic mass is 32.2. The van der Waals surface area contributed by atoms with E-state index in [1.807, 2.05) is 83.4 Å². The first kappa shape index (κ1) is 19.9. The van der Waals surface area contributed by atoms with Crippen LogP contribution in [0.3, 0.4) is 0 Å². The molecule has 0 atom stereocenters. The average molecular weight is 415 g/mol. The number of nitrogens with zero attached hydrogens (tertiary/aromatic N) is 3. The number of para-hydroxylation sites is 1. The van der Waals surface area contributed by atoms with Crippen LogP contribution < -0.4 is 5.32 Å². The van der Waals surface area contributed by atoms with Crippen molar-refractivity contribution in [3.8, 4) is 17.1 Å². The summed E-state index contributed by atoms with van der Waals surface area (Å²) in [7, 11) is 0. The molecular weight excluding hydrogens is 392 g/mol. The van der Waals surface area contributed by atoms with Crippen LogP contribution in [0.1, 0.15) is 5.56 Å². The summed E-state index contributed by atoms with van der Waals surface area (Å²) in [6.45, 7) is 0.615. The van der Waals surface area contributed by atoms with Gasteiger partial charge in [0, 0.05) is 17.8 Å². The molecule has 1 heterocycles. The Hall–Kier alpha value is -3.38. The van der Waals surface area contributed by atoms with Crippen molar-refractivity contribution >= 4 is 17.7 Å². The Morgan fingerprint density at radius 1 is 0.833 bits per heavy atom. The molecule has 5 nitrogen and oxygen atoms in total. The highest BCUT2D eigenvalue weighted by Crippen LogP contribution is 2.27. The summed E-state index contributed by atoms with van der Waals surface area (Å²) < 4.78 is 2.00. The fraction of sp³-hybridized carbons (Fsp3) is 0.125. The lowest BCUT2D eigenvalue weighted by molar-refractivity contribution is -0.118. The predicted octanol–water partition coefficient (Wildman–Crippen LogP) is 4.39. The van der Waals surface area contributed by atoms with E-state index in [0.717, 1.165) is 23.5 Å². The van der Waals surface area contributed by atoms with E-state index in [1.165, 1.54) is 17.3 Å². The van der Waals surface area contributed by atoms with Gasteiger partial charge in [0.1, 0.15) is 0 Å². The molecule has 0 unspecified atom stereocenters. The topological polar surface area (TPSA) is 59.8 Å². The molecule has 1 N–H and O–H groups in total. The molecule has 0 saturated heterocycles. The van der Waals surface area contributed by atoms with Crippen LogP contribution in [0, 0.1) is 0 Å². The second kappa shape index (κ2) is 9.89. The molecule has 0 aliphatic rings. The van der Waals surface area contributed by atoms with Crippen molar-refractivity contribution in [2.24, 2.45) is 0 Å². The number of amides is 1. The molecule has 0 radical (unpaired) electrons. The zero-order valence-corrected chi connectivity index (χ0v) is 17.3. The van der Waals surface area contributed by atoms with Crippen LogP contribution in [0.15, 0.2) is 96.2 Å². The molecule has 4 rings (SSSR count). The standard InChI is InChI=1S/C24H22N4OS/c29-22(25-17-16-19-10-4-1-5-11-19)18-30-24-27-26-23(20-12-6-2-7-13-20)28(24)21-14-8-3-9-15-21/h1-15H,16-18H2,(H,25,29). The number of nitrogens with one attached hydrogen (secondary N) is 1. The van der Waals surface area contributed by atoms with Gasteiger partial charge >= 0.3 is 0 Å². The number of aromatic nitrogens is 3. The Morgan fingerprint density at radius 2 is 1.47 bits per heavy atom. The van der Waals surface area contributed by atoms with Crippen molar-refractivity contribution < 1.29 is 4.79 Å². The minimum Gasteiger partial charge on any atom is -0.355 e. The molecule has 0 bridgehead atoms. The predicted molar refractivity (Wildman–Crippen MR) is 121 cm³/mol. The first-order chi connectivity index (χ1) is 14.8. The number of benzene rings is 3. The number of carbonyl (C=O) groups excluding carboxylic acids is 1. The Bertz CT molecular complexity index is 1080. The summed E-state index contributed by atoms with van der Waals surface area (Å²) in [5, 5.41) is 12.4. The number of carbonyl (C=O) groups is 1. The van der Waals surface area contributed by atoms with Gasteiger partial charge in [0.05, 0.1) is 5.75 Å². The lowest BCUT2D eigenvalue weighted by atomic mass is 10.1. The molecular formula is C24H22N4OS. The fourth-order valence-electron chi connectivity index (χ4n) is 3.12. The van der Waals surface area contributed by atoms with Crippen LogP contribution in [0.25, 0.3) is 17.1 Å². The molecule has 0 aliphatic carbocycles. The van der Waals surface area contributed by atoms with Crippen LogP contribution in [0.2, 0.25) is 0 Å². The molecule has 1 amide bonds. The van der Waals surface area contributed by atoms with Gasteiger partial charge < -0.3 is 5.32 Å². The summed E-state index contributed by atoms with van der Waals surface area (Å²) in [5.74, 6) is 1.03. The summed E-state index contributed by atoms with van der Waals surface area (Å²) in [5.41, 5.74) is 3.16. The second-order valence-corrected chi connectivity index (χ2v) is 7.66. The number of rotatable bonds is 8. The lowest BCUT2D eigenvalue weighted by Gasteiger charge is -2.10. The van der Waals surface area contributed by atoms with Gasteiger partial charge in [-0.25, -0.2) is 0 Å². The SMILES string of the molecule is O=C(CSc1nnc(-c2ccccc2)n1-c1ccccc1)NCCc1ccccc1. The van der Waals surface area contributed by atoms with E-state index in [-0.39, 0.29) is 11.7 Å². The van der Waals surface area contributed by atoms with Gasteiger partial charge in [-0.05, 0) is 24.1 Å². The van der Waals surface area contributed by atoms with Crippen molar-refractivity contribution in [3.05, 3.63) is 96.6 Å². The van der Waals surface area contributed by atoms with E-state index in [0.29, 0.717) is 11.7 Å². The highest BCUT2D eigenvalue weighted by molar-refractivity contribution is 7.99. The zero-order valence-electron chi connectivity index (χ0n) is 16.4. The molecule has 6 heteroatoms. The van der Waals surface area contributed by atoms with Gasteiger partial charge in [0.2, 0.25) is 5.91 Å². The quantitative estimate of drug-likeness (QED) is 0.435. The third-order valence-electron chi connectivity index (χ3n) is 4.59. The Labute approximate surface area is 180 Å². The van der Waals surface area contributed by atoms with Crippen molar-refractivity contribution in [1.82, 2.24) is 20.1 Å². The van der Waals surface area contributed by atoms with E-state index in [4.69, 9.17) is 0 Å². The maximum absolute atomic E-state index is 12.3. The van der Waals surface area contributed by atoms with Crippen LogP contribution in [-0.4, -0.2) is 33.0 Å². The van der Waals surface area contributed by atoms with E-state index in [2.05, 4.69) is 27.6 Å². The molecule has 4 aromatic rings. The van der Waals surface area contributed by atoms with Crippen LogP contribution >= 0.6 is 11.8 Å². The van der Waals surface area contributed by atoms with Gasteiger partial charge in [-0.2, -0.15) is 0 Å². The maximum Gasteiger partial charge on any atom is 0.230 e. The minimum atomic E-state index is -0.0141. The van der Waals surface area contributed by atoms with Gasteiger partial charge in [-0.15, -0.1) is 10.2 Å². The molecule has 0 saturated carbocycles. The smallest absolute Gasteiger partial charge is 0.230 e.